The molecule has 2 heterocycles. The number of nitrogens with zero attached hydrogens (tertiary/aromatic N) is 4. The third kappa shape index (κ3) is 3.47. The Kier molecular flexibility index (Phi) is 4.26. The van der Waals surface area contributed by atoms with E-state index in [1.54, 1.807) is 4.90 Å². The van der Waals surface area contributed by atoms with Crippen molar-refractivity contribution in [1.29, 1.82) is 0 Å². The van der Waals surface area contributed by atoms with Gasteiger partial charge in [0.2, 0.25) is 0 Å². The predicted octanol–water partition coefficient (Wildman–Crippen LogP) is 1.30. The van der Waals surface area contributed by atoms with Gasteiger partial charge in [-0.05, 0) is 19.4 Å². The number of carbonyl (C=O) groups is 1. The minimum Gasteiger partial charge on any atom is -0.464 e. The van der Waals surface area contributed by atoms with Gasteiger partial charge in [-0.25, -0.2) is 9.48 Å². The lowest BCUT2D eigenvalue weighted by Crippen LogP contribution is -2.42. The van der Waals surface area contributed by atoms with Crippen LogP contribution in [0, 0.1) is 5.92 Å². The zero-order chi connectivity index (χ0) is 14.8. The van der Waals surface area contributed by atoms with Crippen molar-refractivity contribution in [2.45, 2.75) is 25.7 Å². The number of alkyl halides is 3. The van der Waals surface area contributed by atoms with Crippen LogP contribution in [-0.2, 0) is 11.4 Å². The van der Waals surface area contributed by atoms with E-state index in [0.29, 0.717) is 13.0 Å². The fourth-order valence-electron chi connectivity index (χ4n) is 2.22. The number of esters is 1. The normalized spacial score (nSPS) is 20.9. The Labute approximate surface area is 113 Å². The van der Waals surface area contributed by atoms with Crippen molar-refractivity contribution in [2.24, 2.45) is 5.92 Å². The maximum absolute atomic E-state index is 12.7. The highest BCUT2D eigenvalue weighted by Crippen LogP contribution is 2.33. The van der Waals surface area contributed by atoms with Crippen LogP contribution in [0.15, 0.2) is 6.20 Å². The molecule has 0 amide bonds. The van der Waals surface area contributed by atoms with E-state index in [1.807, 2.05) is 0 Å². The van der Waals surface area contributed by atoms with Crippen LogP contribution >= 0.6 is 0 Å². The van der Waals surface area contributed by atoms with Gasteiger partial charge in [0.05, 0.1) is 25.9 Å². The summed E-state index contributed by atoms with van der Waals surface area (Å²) in [5.74, 6) is -1.93. The zero-order valence-electron chi connectivity index (χ0n) is 10.9. The Balaban J connectivity index is 1.96. The molecule has 0 saturated carbocycles. The number of methoxy groups -OCH3 is 1. The minimum absolute atomic E-state index is 0.0388. The summed E-state index contributed by atoms with van der Waals surface area (Å²) >= 11 is 0. The van der Waals surface area contributed by atoms with Gasteiger partial charge in [0.1, 0.15) is 0 Å². The highest BCUT2D eigenvalue weighted by Gasteiger charge is 2.41. The molecule has 2 rings (SSSR count). The Morgan fingerprint density at radius 2 is 2.30 bits per heavy atom. The van der Waals surface area contributed by atoms with E-state index in [-0.39, 0.29) is 25.3 Å². The van der Waals surface area contributed by atoms with E-state index in [4.69, 9.17) is 0 Å². The molecule has 1 fully saturated rings. The molecule has 1 atom stereocenters. The summed E-state index contributed by atoms with van der Waals surface area (Å²) in [6.45, 7) is 0.688. The average molecular weight is 292 g/mol. The molecule has 1 aromatic heterocycles. The number of hydrogen-bond acceptors (Lipinski definition) is 5. The van der Waals surface area contributed by atoms with Crippen molar-refractivity contribution in [3.8, 4) is 0 Å². The largest absolute Gasteiger partial charge is 0.464 e. The number of likely N-dealkylation sites (tertiary alicyclic amines) is 1. The maximum Gasteiger partial charge on any atom is 0.393 e. The molecule has 0 radical (unpaired) electrons. The first kappa shape index (κ1) is 14.8. The Hall–Kier alpha value is -1.64. The summed E-state index contributed by atoms with van der Waals surface area (Å²) in [4.78, 5) is 12.9. The standard InChI is InChI=1S/C11H15F3N4O2/c1-20-10(19)9-6-18(16-15-9)7-17-4-2-3-8(5-17)11(12,13)14/h6,8H,2-5,7H2,1H3/t8-/m1/s1. The van der Waals surface area contributed by atoms with E-state index >= 15 is 0 Å². The number of carbonyl (C=O) groups excluding carboxylic acids is 1. The van der Waals surface area contributed by atoms with Gasteiger partial charge in [0, 0.05) is 6.54 Å². The second kappa shape index (κ2) is 5.78. The number of piperidine rings is 1. The molecular formula is C11H15F3N4O2. The molecule has 0 unspecified atom stereocenters. The van der Waals surface area contributed by atoms with Crippen LogP contribution in [0.5, 0.6) is 0 Å². The van der Waals surface area contributed by atoms with Crippen LogP contribution in [0.2, 0.25) is 0 Å². The number of hydrogen-bond donors (Lipinski definition) is 0. The van der Waals surface area contributed by atoms with E-state index in [0.717, 1.165) is 0 Å². The number of ether oxygens (including phenoxy) is 1. The first-order valence-electron chi connectivity index (χ1n) is 6.17. The summed E-state index contributed by atoms with van der Waals surface area (Å²) in [5.41, 5.74) is 0.0388. The molecule has 1 aliphatic heterocycles. The highest BCUT2D eigenvalue weighted by molar-refractivity contribution is 5.86. The SMILES string of the molecule is COC(=O)c1cn(CN2CCC[C@@H](C(F)(F)F)C2)nn1. The lowest BCUT2D eigenvalue weighted by molar-refractivity contribution is -0.188. The van der Waals surface area contributed by atoms with Crippen LogP contribution in [0.1, 0.15) is 23.3 Å². The first-order valence-corrected chi connectivity index (χ1v) is 6.17. The summed E-state index contributed by atoms with van der Waals surface area (Å²) in [7, 11) is 1.22. The summed E-state index contributed by atoms with van der Waals surface area (Å²) in [6.07, 6.45) is -2.16. The molecule has 0 bridgehead atoms. The topological polar surface area (TPSA) is 60.2 Å². The van der Waals surface area contributed by atoms with Gasteiger partial charge in [-0.15, -0.1) is 5.10 Å². The minimum atomic E-state index is -4.17. The molecule has 1 aliphatic rings. The van der Waals surface area contributed by atoms with Gasteiger partial charge in [0.15, 0.2) is 5.69 Å². The van der Waals surface area contributed by atoms with Gasteiger partial charge in [-0.1, -0.05) is 5.21 Å². The van der Waals surface area contributed by atoms with Crippen LogP contribution in [0.3, 0.4) is 0 Å². The monoisotopic (exact) mass is 292 g/mol. The van der Waals surface area contributed by atoms with Crippen LogP contribution in [-0.4, -0.2) is 52.2 Å². The van der Waals surface area contributed by atoms with Gasteiger partial charge in [-0.2, -0.15) is 13.2 Å². The van der Waals surface area contributed by atoms with Gasteiger partial charge in [-0.3, -0.25) is 4.90 Å². The molecule has 6 nitrogen and oxygen atoms in total. The van der Waals surface area contributed by atoms with E-state index in [1.165, 1.54) is 18.0 Å². The summed E-state index contributed by atoms with van der Waals surface area (Å²) in [6, 6.07) is 0. The van der Waals surface area contributed by atoms with Gasteiger partial charge in [0.25, 0.3) is 0 Å². The van der Waals surface area contributed by atoms with Crippen LogP contribution in [0.25, 0.3) is 0 Å². The average Bonchev–Trinajstić information content (AvgIpc) is 2.85. The van der Waals surface area contributed by atoms with E-state index < -0.39 is 18.1 Å². The van der Waals surface area contributed by atoms with Crippen molar-refractivity contribution >= 4 is 5.97 Å². The first-order chi connectivity index (χ1) is 9.40. The molecule has 0 spiro atoms. The molecular weight excluding hydrogens is 277 g/mol. The van der Waals surface area contributed by atoms with Crippen LogP contribution in [0.4, 0.5) is 13.2 Å². The zero-order valence-corrected chi connectivity index (χ0v) is 10.9. The second-order valence-corrected chi connectivity index (χ2v) is 4.73. The summed E-state index contributed by atoms with van der Waals surface area (Å²) < 4.78 is 43.9. The molecule has 0 aromatic carbocycles. The van der Waals surface area contributed by atoms with Crippen LogP contribution < -0.4 is 0 Å². The van der Waals surface area contributed by atoms with Crippen molar-refractivity contribution < 1.29 is 22.7 Å². The smallest absolute Gasteiger partial charge is 0.393 e. The molecule has 0 aliphatic carbocycles. The molecule has 20 heavy (non-hydrogen) atoms. The quantitative estimate of drug-likeness (QED) is 0.786. The molecule has 1 saturated heterocycles. The fourth-order valence-corrected chi connectivity index (χ4v) is 2.22. The lowest BCUT2D eigenvalue weighted by atomic mass is 9.98. The Bertz CT molecular complexity index is 474. The van der Waals surface area contributed by atoms with Crippen molar-refractivity contribution in [2.75, 3.05) is 20.2 Å². The molecule has 1 aromatic rings. The van der Waals surface area contributed by atoms with E-state index in [9.17, 15) is 18.0 Å². The molecule has 9 heteroatoms. The van der Waals surface area contributed by atoms with Gasteiger partial charge < -0.3 is 4.74 Å². The third-order valence-corrected chi connectivity index (χ3v) is 3.25. The van der Waals surface area contributed by atoms with Crippen molar-refractivity contribution in [3.05, 3.63) is 11.9 Å². The van der Waals surface area contributed by atoms with E-state index in [2.05, 4.69) is 15.0 Å². The molecule has 0 N–H and O–H groups in total. The third-order valence-electron chi connectivity index (χ3n) is 3.25. The fraction of sp³-hybridized carbons (Fsp3) is 0.727. The highest BCUT2D eigenvalue weighted by atomic mass is 19.4. The van der Waals surface area contributed by atoms with Gasteiger partial charge >= 0.3 is 12.1 Å². The maximum atomic E-state index is 12.7. The second-order valence-electron chi connectivity index (χ2n) is 4.73. The molecule has 112 valence electrons. The van der Waals surface area contributed by atoms with Crippen molar-refractivity contribution in [3.63, 3.8) is 0 Å². The number of halogens is 3. The number of rotatable bonds is 3. The summed E-state index contributed by atoms with van der Waals surface area (Å²) in [5, 5.41) is 7.32. The number of aromatic nitrogens is 3. The lowest BCUT2D eigenvalue weighted by Gasteiger charge is -2.33. The predicted molar refractivity (Wildman–Crippen MR) is 61.7 cm³/mol. The van der Waals surface area contributed by atoms with Crippen molar-refractivity contribution in [1.82, 2.24) is 19.9 Å². The Morgan fingerprint density at radius 3 is 2.95 bits per heavy atom. The Morgan fingerprint density at radius 1 is 1.55 bits per heavy atom.